The second-order valence-electron chi connectivity index (χ2n) is 5.82. The average molecular weight is 359 g/mol. The van der Waals surface area contributed by atoms with E-state index in [9.17, 15) is 22.0 Å². The molecule has 0 amide bonds. The Morgan fingerprint density at radius 2 is 1.92 bits per heavy atom. The van der Waals surface area contributed by atoms with Crippen molar-refractivity contribution < 1.29 is 26.7 Å². The van der Waals surface area contributed by atoms with E-state index in [2.05, 4.69) is 6.58 Å². The maximum atomic E-state index is 13.3. The molecule has 1 aromatic carbocycles. The van der Waals surface area contributed by atoms with Crippen LogP contribution in [0.2, 0.25) is 0 Å². The Hall–Kier alpha value is -1.80. The van der Waals surface area contributed by atoms with Gasteiger partial charge in [0.15, 0.2) is 11.6 Å². The third-order valence-electron chi connectivity index (χ3n) is 3.78. The predicted molar refractivity (Wildman–Crippen MR) is 83.6 cm³/mol. The van der Waals surface area contributed by atoms with Gasteiger partial charge in [-0.05, 0) is 43.5 Å². The lowest BCUT2D eigenvalue weighted by molar-refractivity contribution is -0.148. The van der Waals surface area contributed by atoms with Gasteiger partial charge < -0.3 is 4.74 Å². The van der Waals surface area contributed by atoms with Crippen molar-refractivity contribution in [1.82, 2.24) is 4.31 Å². The molecule has 0 N–H and O–H groups in total. The molecule has 0 atom stereocenters. The molecule has 1 fully saturated rings. The number of nitrogens with zero attached hydrogens (tertiary/aromatic N) is 1. The molecule has 8 heteroatoms. The van der Waals surface area contributed by atoms with Crippen molar-refractivity contribution in [2.75, 3.05) is 19.7 Å². The van der Waals surface area contributed by atoms with E-state index in [1.54, 1.807) is 6.92 Å². The van der Waals surface area contributed by atoms with Crippen LogP contribution in [0.1, 0.15) is 19.8 Å². The minimum atomic E-state index is -3.92. The zero-order valence-corrected chi connectivity index (χ0v) is 14.1. The molecule has 0 saturated carbocycles. The molecular weight excluding hydrogens is 340 g/mol. The topological polar surface area (TPSA) is 63.7 Å². The molecule has 5 nitrogen and oxygen atoms in total. The van der Waals surface area contributed by atoms with Gasteiger partial charge in [-0.15, -0.1) is 0 Å². The molecule has 1 aliphatic heterocycles. The summed E-state index contributed by atoms with van der Waals surface area (Å²) in [6, 6.07) is 2.47. The fraction of sp³-hybridized carbons (Fsp3) is 0.438. The van der Waals surface area contributed by atoms with E-state index < -0.39 is 21.7 Å². The lowest BCUT2D eigenvalue weighted by Gasteiger charge is -2.30. The van der Waals surface area contributed by atoms with Crippen molar-refractivity contribution in [2.45, 2.75) is 24.7 Å². The van der Waals surface area contributed by atoms with E-state index in [-0.39, 0.29) is 36.5 Å². The molecule has 0 spiro atoms. The molecule has 1 saturated heterocycles. The summed E-state index contributed by atoms with van der Waals surface area (Å²) in [6.07, 6.45) is 0.635. The maximum Gasteiger partial charge on any atom is 0.309 e. The first-order valence-corrected chi connectivity index (χ1v) is 8.92. The normalized spacial score (nSPS) is 16.8. The van der Waals surface area contributed by atoms with Crippen LogP contribution >= 0.6 is 0 Å². The number of carbonyl (C=O) groups excluding carboxylic acids is 1. The highest BCUT2D eigenvalue weighted by Crippen LogP contribution is 2.25. The number of benzene rings is 1. The van der Waals surface area contributed by atoms with E-state index >= 15 is 0 Å². The molecule has 0 unspecified atom stereocenters. The van der Waals surface area contributed by atoms with Crippen LogP contribution in [-0.2, 0) is 19.6 Å². The summed E-state index contributed by atoms with van der Waals surface area (Å²) < 4.78 is 57.4. The van der Waals surface area contributed by atoms with Crippen LogP contribution in [0.5, 0.6) is 0 Å². The largest absolute Gasteiger partial charge is 0.461 e. The first-order chi connectivity index (χ1) is 11.2. The molecular formula is C16H19F2NO4S. The highest BCUT2D eigenvalue weighted by atomic mass is 32.2. The highest BCUT2D eigenvalue weighted by Gasteiger charge is 2.33. The van der Waals surface area contributed by atoms with E-state index in [0.717, 1.165) is 17.7 Å². The van der Waals surface area contributed by atoms with Gasteiger partial charge in [-0.25, -0.2) is 17.2 Å². The zero-order chi connectivity index (χ0) is 17.9. The summed E-state index contributed by atoms with van der Waals surface area (Å²) in [5.41, 5.74) is 0.724. The summed E-state index contributed by atoms with van der Waals surface area (Å²) >= 11 is 0. The Kier molecular flexibility index (Phi) is 5.71. The van der Waals surface area contributed by atoms with Crippen LogP contribution in [0.15, 0.2) is 35.2 Å². The van der Waals surface area contributed by atoms with Crippen molar-refractivity contribution in [3.8, 4) is 0 Å². The summed E-state index contributed by atoms with van der Waals surface area (Å²) in [7, 11) is -3.92. The number of hydrogen-bond acceptors (Lipinski definition) is 4. The summed E-state index contributed by atoms with van der Waals surface area (Å²) in [4.78, 5) is 11.6. The molecule has 132 valence electrons. The van der Waals surface area contributed by atoms with E-state index in [1.807, 2.05) is 0 Å². The zero-order valence-electron chi connectivity index (χ0n) is 13.3. The number of sulfonamides is 1. The van der Waals surface area contributed by atoms with Crippen LogP contribution in [0.25, 0.3) is 0 Å². The molecule has 0 bridgehead atoms. The van der Waals surface area contributed by atoms with E-state index in [0.29, 0.717) is 18.9 Å². The number of hydrogen-bond donors (Lipinski definition) is 0. The van der Waals surface area contributed by atoms with Crippen molar-refractivity contribution in [2.24, 2.45) is 5.92 Å². The summed E-state index contributed by atoms with van der Waals surface area (Å²) in [6.45, 7) is 5.77. The SMILES string of the molecule is C=C(C)COC(=O)C1CCN(S(=O)(=O)c2ccc(F)c(F)c2)CC1. The third kappa shape index (κ3) is 4.18. The smallest absolute Gasteiger partial charge is 0.309 e. The third-order valence-corrected chi connectivity index (χ3v) is 5.67. The molecule has 1 aliphatic rings. The Morgan fingerprint density at radius 3 is 2.46 bits per heavy atom. The second-order valence-corrected chi connectivity index (χ2v) is 7.76. The van der Waals surface area contributed by atoms with Crippen molar-refractivity contribution in [3.63, 3.8) is 0 Å². The quantitative estimate of drug-likeness (QED) is 0.599. The van der Waals surface area contributed by atoms with Crippen LogP contribution in [0.4, 0.5) is 8.78 Å². The van der Waals surface area contributed by atoms with E-state index in [1.165, 1.54) is 4.31 Å². The van der Waals surface area contributed by atoms with Gasteiger partial charge in [-0.1, -0.05) is 6.58 Å². The maximum absolute atomic E-state index is 13.3. The molecule has 2 rings (SSSR count). The number of rotatable bonds is 5. The predicted octanol–water partition coefficient (Wildman–Crippen LogP) is 2.48. The molecule has 0 radical (unpaired) electrons. The molecule has 1 heterocycles. The van der Waals surface area contributed by atoms with Crippen molar-refractivity contribution in [1.29, 1.82) is 0 Å². The molecule has 24 heavy (non-hydrogen) atoms. The number of carbonyl (C=O) groups is 1. The summed E-state index contributed by atoms with van der Waals surface area (Å²) in [5.74, 6) is -3.06. The summed E-state index contributed by atoms with van der Waals surface area (Å²) in [5, 5.41) is 0. The monoisotopic (exact) mass is 359 g/mol. The molecule has 1 aromatic rings. The number of halogens is 2. The lowest BCUT2D eigenvalue weighted by atomic mass is 9.98. The molecule has 0 aromatic heterocycles. The minimum Gasteiger partial charge on any atom is -0.461 e. The Morgan fingerprint density at radius 1 is 1.29 bits per heavy atom. The van der Waals surface area contributed by atoms with Gasteiger partial charge >= 0.3 is 5.97 Å². The van der Waals surface area contributed by atoms with Gasteiger partial charge in [0, 0.05) is 13.1 Å². The van der Waals surface area contributed by atoms with Gasteiger partial charge in [-0.2, -0.15) is 4.31 Å². The van der Waals surface area contributed by atoms with Gasteiger partial charge in [-0.3, -0.25) is 4.79 Å². The lowest BCUT2D eigenvalue weighted by Crippen LogP contribution is -2.40. The first-order valence-electron chi connectivity index (χ1n) is 7.48. The van der Waals surface area contributed by atoms with Crippen molar-refractivity contribution >= 4 is 16.0 Å². The Balaban J connectivity index is 2.01. The van der Waals surface area contributed by atoms with Crippen molar-refractivity contribution in [3.05, 3.63) is 42.0 Å². The first kappa shape index (κ1) is 18.5. The van der Waals surface area contributed by atoms with Crippen LogP contribution < -0.4 is 0 Å². The van der Waals surface area contributed by atoms with Gasteiger partial charge in [0.25, 0.3) is 0 Å². The fourth-order valence-corrected chi connectivity index (χ4v) is 3.91. The Bertz CT molecular complexity index is 740. The molecule has 0 aliphatic carbocycles. The highest BCUT2D eigenvalue weighted by molar-refractivity contribution is 7.89. The number of ether oxygens (including phenoxy) is 1. The number of piperidine rings is 1. The van der Waals surface area contributed by atoms with Gasteiger partial charge in [0.2, 0.25) is 10.0 Å². The minimum absolute atomic E-state index is 0.119. The van der Waals surface area contributed by atoms with Gasteiger partial charge in [0.05, 0.1) is 10.8 Å². The average Bonchev–Trinajstić information content (AvgIpc) is 2.55. The van der Waals surface area contributed by atoms with Crippen LogP contribution in [0.3, 0.4) is 0 Å². The van der Waals surface area contributed by atoms with Crippen LogP contribution in [-0.4, -0.2) is 38.4 Å². The van der Waals surface area contributed by atoms with Crippen LogP contribution in [0, 0.1) is 17.6 Å². The van der Waals surface area contributed by atoms with E-state index in [4.69, 9.17) is 4.74 Å². The number of esters is 1. The second kappa shape index (κ2) is 7.40. The van der Waals surface area contributed by atoms with Gasteiger partial charge in [0.1, 0.15) is 6.61 Å². The fourth-order valence-electron chi connectivity index (χ4n) is 2.43. The Labute approximate surface area is 140 Å². The standard InChI is InChI=1S/C16H19F2NO4S/c1-11(2)10-23-16(20)12-5-7-19(8-6-12)24(21,22)13-3-4-14(17)15(18)9-13/h3-4,9,12H,1,5-8,10H2,2H3.